The summed E-state index contributed by atoms with van der Waals surface area (Å²) < 4.78 is 5.58. The molecule has 0 saturated heterocycles. The molecule has 0 aliphatic carbocycles. The van der Waals surface area contributed by atoms with Gasteiger partial charge in [-0.1, -0.05) is 26.1 Å². The van der Waals surface area contributed by atoms with Crippen molar-refractivity contribution >= 4 is 11.5 Å². The summed E-state index contributed by atoms with van der Waals surface area (Å²) in [7, 11) is 5.88. The van der Waals surface area contributed by atoms with E-state index in [9.17, 15) is 4.79 Å². The first-order chi connectivity index (χ1) is 9.72. The third kappa shape index (κ3) is 9.32. The van der Waals surface area contributed by atoms with Crippen molar-refractivity contribution in [2.75, 3.05) is 21.1 Å². The highest BCUT2D eigenvalue weighted by atomic mass is 35.5. The summed E-state index contributed by atoms with van der Waals surface area (Å²) >= 11 is 0. The van der Waals surface area contributed by atoms with Gasteiger partial charge in [0.2, 0.25) is 6.23 Å². The van der Waals surface area contributed by atoms with E-state index in [0.29, 0.717) is 4.48 Å². The SMILES string of the molecule is C=C(CC)c1ccccn1.C=CC(=O)OC(C)[N+](C)(C)C.[Cl-]. The molecule has 124 valence electrons. The largest absolute Gasteiger partial charge is 1.00 e. The van der Waals surface area contributed by atoms with E-state index in [-0.39, 0.29) is 24.6 Å². The van der Waals surface area contributed by atoms with Crippen molar-refractivity contribution < 1.29 is 26.4 Å². The number of hydrogen-bond donors (Lipinski definition) is 0. The maximum absolute atomic E-state index is 10.7. The van der Waals surface area contributed by atoms with Crippen molar-refractivity contribution in [1.82, 2.24) is 4.98 Å². The average Bonchev–Trinajstić information content (AvgIpc) is 2.46. The summed E-state index contributed by atoms with van der Waals surface area (Å²) in [4.78, 5) is 14.9. The van der Waals surface area contributed by atoms with E-state index >= 15 is 0 Å². The Bertz CT molecular complexity index is 467. The highest BCUT2D eigenvalue weighted by molar-refractivity contribution is 5.81. The van der Waals surface area contributed by atoms with Gasteiger partial charge in [-0.15, -0.1) is 0 Å². The van der Waals surface area contributed by atoms with Gasteiger partial charge >= 0.3 is 5.97 Å². The molecule has 22 heavy (non-hydrogen) atoms. The van der Waals surface area contributed by atoms with Gasteiger partial charge in [0, 0.05) is 19.2 Å². The summed E-state index contributed by atoms with van der Waals surface area (Å²) in [6.45, 7) is 11.1. The maximum Gasteiger partial charge on any atom is 0.334 e. The number of carbonyl (C=O) groups is 1. The first kappa shape index (κ1) is 22.6. The number of ether oxygens (including phenoxy) is 1. The lowest BCUT2D eigenvalue weighted by molar-refractivity contribution is -0.914. The Labute approximate surface area is 140 Å². The summed E-state index contributed by atoms with van der Waals surface area (Å²) in [5.41, 5.74) is 2.10. The van der Waals surface area contributed by atoms with Gasteiger partial charge in [0.25, 0.3) is 0 Å². The molecular formula is C17H27ClN2O2. The molecule has 1 heterocycles. The first-order valence-electron chi connectivity index (χ1n) is 6.95. The van der Waals surface area contributed by atoms with Crippen molar-refractivity contribution in [3.05, 3.63) is 49.3 Å². The van der Waals surface area contributed by atoms with Crippen LogP contribution in [0.2, 0.25) is 0 Å². The van der Waals surface area contributed by atoms with E-state index in [1.165, 1.54) is 6.08 Å². The van der Waals surface area contributed by atoms with E-state index in [1.807, 2.05) is 46.3 Å². The Morgan fingerprint density at radius 1 is 1.41 bits per heavy atom. The quantitative estimate of drug-likeness (QED) is 0.338. The second-order valence-corrected chi connectivity index (χ2v) is 5.53. The zero-order valence-electron chi connectivity index (χ0n) is 14.2. The van der Waals surface area contributed by atoms with Gasteiger partial charge in [0.05, 0.1) is 26.8 Å². The summed E-state index contributed by atoms with van der Waals surface area (Å²) in [6.07, 6.45) is 3.79. The van der Waals surface area contributed by atoms with Crippen LogP contribution in [0, 0.1) is 0 Å². The third-order valence-corrected chi connectivity index (χ3v) is 3.00. The van der Waals surface area contributed by atoms with E-state index < -0.39 is 0 Å². The van der Waals surface area contributed by atoms with Crippen LogP contribution in [-0.4, -0.2) is 42.8 Å². The predicted octanol–water partition coefficient (Wildman–Crippen LogP) is 0.277. The second-order valence-electron chi connectivity index (χ2n) is 5.53. The zero-order chi connectivity index (χ0) is 16.5. The standard InChI is InChI=1S/C9H11N.C8H16NO2.ClH/c1-3-8(2)9-6-4-5-7-10-9;1-6-8(10)11-7(2)9(3,4)5;/h4-7H,2-3H2,1H3;6-7H,1H2,2-5H3;1H/q;+1;/p-1. The first-order valence-corrected chi connectivity index (χ1v) is 6.95. The monoisotopic (exact) mass is 326 g/mol. The molecule has 1 aromatic heterocycles. The minimum atomic E-state index is -0.370. The molecule has 4 nitrogen and oxygen atoms in total. The minimum Gasteiger partial charge on any atom is -1.00 e. The topological polar surface area (TPSA) is 39.2 Å². The molecule has 0 amide bonds. The number of aromatic nitrogens is 1. The molecule has 0 aliphatic rings. The smallest absolute Gasteiger partial charge is 0.334 e. The Morgan fingerprint density at radius 3 is 2.36 bits per heavy atom. The van der Waals surface area contributed by atoms with Crippen molar-refractivity contribution in [2.24, 2.45) is 0 Å². The summed E-state index contributed by atoms with van der Waals surface area (Å²) in [5.74, 6) is -0.370. The molecule has 5 heteroatoms. The number of allylic oxidation sites excluding steroid dienone is 1. The highest BCUT2D eigenvalue weighted by Crippen LogP contribution is 2.10. The molecule has 0 N–H and O–H groups in total. The molecule has 0 aromatic carbocycles. The van der Waals surface area contributed by atoms with Gasteiger partial charge in [0.1, 0.15) is 0 Å². The number of quaternary nitrogens is 1. The second kappa shape index (κ2) is 11.0. The number of carbonyl (C=O) groups excluding carboxylic acids is 1. The third-order valence-electron chi connectivity index (χ3n) is 3.00. The number of nitrogens with zero attached hydrogens (tertiary/aromatic N) is 2. The lowest BCUT2D eigenvalue weighted by Gasteiger charge is -2.29. The number of esters is 1. The van der Waals surface area contributed by atoms with Gasteiger partial charge in [-0.25, -0.2) is 4.79 Å². The molecule has 0 fully saturated rings. The minimum absolute atomic E-state index is 0. The van der Waals surface area contributed by atoms with E-state index in [1.54, 1.807) is 6.20 Å². The molecule has 0 spiro atoms. The van der Waals surface area contributed by atoms with Gasteiger partial charge in [-0.05, 0) is 24.1 Å². The van der Waals surface area contributed by atoms with Crippen LogP contribution in [0.15, 0.2) is 43.6 Å². The fraction of sp³-hybridized carbons (Fsp3) is 0.412. The van der Waals surface area contributed by atoms with Crippen LogP contribution in [-0.2, 0) is 9.53 Å². The average molecular weight is 327 g/mol. The number of rotatable bonds is 5. The van der Waals surface area contributed by atoms with Crippen LogP contribution in [0.4, 0.5) is 0 Å². The van der Waals surface area contributed by atoms with Crippen LogP contribution in [0.25, 0.3) is 5.57 Å². The van der Waals surface area contributed by atoms with Crippen LogP contribution in [0.3, 0.4) is 0 Å². The molecule has 1 unspecified atom stereocenters. The Balaban J connectivity index is 0. The lowest BCUT2D eigenvalue weighted by Crippen LogP contribution is -3.00. The molecule has 1 aromatic rings. The van der Waals surface area contributed by atoms with Crippen molar-refractivity contribution in [3.8, 4) is 0 Å². The molecule has 0 saturated carbocycles. The Morgan fingerprint density at radius 2 is 2.00 bits per heavy atom. The van der Waals surface area contributed by atoms with Crippen LogP contribution >= 0.6 is 0 Å². The lowest BCUT2D eigenvalue weighted by atomic mass is 10.1. The van der Waals surface area contributed by atoms with Crippen molar-refractivity contribution in [3.63, 3.8) is 0 Å². The number of halogens is 1. The summed E-state index contributed by atoms with van der Waals surface area (Å²) in [6, 6.07) is 5.86. The van der Waals surface area contributed by atoms with Crippen LogP contribution < -0.4 is 12.4 Å². The van der Waals surface area contributed by atoms with E-state index in [0.717, 1.165) is 17.7 Å². The molecule has 1 rings (SSSR count). The van der Waals surface area contributed by atoms with E-state index in [2.05, 4.69) is 25.1 Å². The number of pyridine rings is 1. The van der Waals surface area contributed by atoms with Crippen molar-refractivity contribution in [1.29, 1.82) is 0 Å². The predicted molar refractivity (Wildman–Crippen MR) is 87.3 cm³/mol. The zero-order valence-corrected chi connectivity index (χ0v) is 14.9. The maximum atomic E-state index is 10.7. The molecule has 0 radical (unpaired) electrons. The molecular weight excluding hydrogens is 300 g/mol. The van der Waals surface area contributed by atoms with Crippen molar-refractivity contribution in [2.45, 2.75) is 26.5 Å². The highest BCUT2D eigenvalue weighted by Gasteiger charge is 2.20. The van der Waals surface area contributed by atoms with Crippen LogP contribution in [0.1, 0.15) is 26.0 Å². The molecule has 1 atom stereocenters. The fourth-order valence-corrected chi connectivity index (χ4v) is 1.13. The van der Waals surface area contributed by atoms with Gasteiger partial charge in [-0.2, -0.15) is 0 Å². The normalized spacial score (nSPS) is 11.1. The Hall–Kier alpha value is -1.65. The molecule has 0 aliphatic heterocycles. The summed E-state index contributed by atoms with van der Waals surface area (Å²) in [5, 5.41) is 0. The Kier molecular flexibility index (Phi) is 11.3. The van der Waals surface area contributed by atoms with Crippen LogP contribution in [0.5, 0.6) is 0 Å². The van der Waals surface area contributed by atoms with Gasteiger partial charge in [0.15, 0.2) is 0 Å². The molecule has 0 bridgehead atoms. The number of hydrogen-bond acceptors (Lipinski definition) is 3. The van der Waals surface area contributed by atoms with Gasteiger partial charge in [-0.3, -0.25) is 9.47 Å². The van der Waals surface area contributed by atoms with E-state index in [4.69, 9.17) is 4.74 Å². The van der Waals surface area contributed by atoms with Gasteiger partial charge < -0.3 is 17.1 Å². The fourth-order valence-electron chi connectivity index (χ4n) is 1.13.